The second-order valence-corrected chi connectivity index (χ2v) is 6.73. The molecule has 2 aromatic rings. The summed E-state index contributed by atoms with van der Waals surface area (Å²) in [5.74, 6) is 0.00782. The number of hydrogen-bond acceptors (Lipinski definition) is 9. The van der Waals surface area contributed by atoms with Gasteiger partial charge in [0.25, 0.3) is 0 Å². The lowest BCUT2D eigenvalue weighted by atomic mass is 10.1. The van der Waals surface area contributed by atoms with Crippen LogP contribution in [0.3, 0.4) is 0 Å². The third-order valence-corrected chi connectivity index (χ3v) is 4.91. The second kappa shape index (κ2) is 8.53. The van der Waals surface area contributed by atoms with Crippen LogP contribution in [0.25, 0.3) is 11.3 Å². The molecule has 0 saturated carbocycles. The van der Waals surface area contributed by atoms with Crippen molar-refractivity contribution in [3.63, 3.8) is 0 Å². The van der Waals surface area contributed by atoms with Crippen molar-refractivity contribution in [1.29, 1.82) is 5.26 Å². The van der Waals surface area contributed by atoms with E-state index in [1.807, 2.05) is 12.1 Å². The summed E-state index contributed by atoms with van der Waals surface area (Å²) in [4.78, 5) is 20.1. The van der Waals surface area contributed by atoms with E-state index >= 15 is 0 Å². The van der Waals surface area contributed by atoms with Gasteiger partial charge in [-0.2, -0.15) is 5.26 Å². The molecule has 2 aliphatic rings. The summed E-state index contributed by atoms with van der Waals surface area (Å²) in [6.45, 7) is 0.611. The molecule has 2 fully saturated rings. The van der Waals surface area contributed by atoms with Crippen LogP contribution in [0, 0.1) is 11.3 Å². The minimum absolute atomic E-state index is 0.137. The van der Waals surface area contributed by atoms with Crippen molar-refractivity contribution in [2.75, 3.05) is 32.2 Å². The Labute approximate surface area is 167 Å². The summed E-state index contributed by atoms with van der Waals surface area (Å²) in [7, 11) is 1.32. The molecule has 29 heavy (non-hydrogen) atoms. The Balaban J connectivity index is 1.42. The number of hydrogen-bond donors (Lipinski definition) is 1. The Morgan fingerprint density at radius 2 is 2.17 bits per heavy atom. The number of rotatable bonds is 6. The van der Waals surface area contributed by atoms with Gasteiger partial charge < -0.3 is 24.3 Å². The van der Waals surface area contributed by atoms with Crippen LogP contribution in [0.15, 0.2) is 36.5 Å². The number of carbonyl (C=O) groups is 1. The molecule has 0 aliphatic carbocycles. The molecule has 1 aromatic carbocycles. The Kier molecular flexibility index (Phi) is 5.67. The molecule has 3 heterocycles. The highest BCUT2D eigenvalue weighted by Crippen LogP contribution is 2.30. The fourth-order valence-electron chi connectivity index (χ4n) is 3.47. The highest BCUT2D eigenvalue weighted by atomic mass is 16.6. The number of aromatic nitrogens is 2. The normalized spacial score (nSPS) is 25.2. The van der Waals surface area contributed by atoms with Gasteiger partial charge in [-0.1, -0.05) is 12.1 Å². The van der Waals surface area contributed by atoms with Crippen LogP contribution in [-0.2, 0) is 23.7 Å². The molecule has 150 valence electrons. The van der Waals surface area contributed by atoms with Crippen LogP contribution in [0.1, 0.15) is 5.56 Å². The van der Waals surface area contributed by atoms with E-state index in [9.17, 15) is 4.79 Å². The minimum atomic E-state index is -0.438. The number of fused-ring (bicyclic) bond motifs is 1. The zero-order chi connectivity index (χ0) is 20.2. The number of nitriles is 1. The van der Waals surface area contributed by atoms with Crippen molar-refractivity contribution in [1.82, 2.24) is 9.97 Å². The summed E-state index contributed by atoms with van der Waals surface area (Å²) in [6, 6.07) is 11.0. The standard InChI is InChI=1S/C20H20N4O5/c1-26-17(25)11-27-16-10-29-18-15(9-28-19(16)18)24-20-22-6-5-14(23-20)13-4-2-3-12(7-13)8-21/h2-7,15-16,18-19H,9-11H2,1H3,(H,22,23,24)/t15-,16+,18+,19+/m0/s1. The molecule has 0 bridgehead atoms. The molecule has 1 N–H and O–H groups in total. The number of methoxy groups -OCH3 is 1. The highest BCUT2D eigenvalue weighted by Gasteiger charge is 2.48. The number of nitrogens with one attached hydrogen (secondary N) is 1. The van der Waals surface area contributed by atoms with Gasteiger partial charge >= 0.3 is 5.97 Å². The van der Waals surface area contributed by atoms with Gasteiger partial charge in [-0.15, -0.1) is 0 Å². The predicted molar refractivity (Wildman–Crippen MR) is 101 cm³/mol. The van der Waals surface area contributed by atoms with Gasteiger partial charge in [-0.3, -0.25) is 0 Å². The van der Waals surface area contributed by atoms with E-state index in [4.69, 9.17) is 19.5 Å². The van der Waals surface area contributed by atoms with E-state index in [0.29, 0.717) is 30.4 Å². The molecular formula is C20H20N4O5. The molecule has 4 atom stereocenters. The molecule has 0 unspecified atom stereocenters. The molecule has 0 spiro atoms. The predicted octanol–water partition coefficient (Wildman–Crippen LogP) is 1.15. The van der Waals surface area contributed by atoms with Gasteiger partial charge in [0.05, 0.1) is 43.7 Å². The number of anilines is 1. The SMILES string of the molecule is COC(=O)CO[C@@H]1CO[C@H]2[C@@H]1OC[C@@H]2Nc1nccc(-c2cccc(C#N)c2)n1. The van der Waals surface area contributed by atoms with Crippen LogP contribution in [0.5, 0.6) is 0 Å². The monoisotopic (exact) mass is 396 g/mol. The lowest BCUT2D eigenvalue weighted by Crippen LogP contribution is -2.37. The molecular weight excluding hydrogens is 376 g/mol. The largest absolute Gasteiger partial charge is 0.467 e. The van der Waals surface area contributed by atoms with E-state index in [2.05, 4.69) is 26.1 Å². The Morgan fingerprint density at radius 3 is 3.00 bits per heavy atom. The average molecular weight is 396 g/mol. The van der Waals surface area contributed by atoms with Crippen molar-refractivity contribution in [3.05, 3.63) is 42.1 Å². The highest BCUT2D eigenvalue weighted by molar-refractivity contribution is 5.70. The maximum Gasteiger partial charge on any atom is 0.331 e. The van der Waals surface area contributed by atoms with E-state index < -0.39 is 5.97 Å². The Bertz CT molecular complexity index is 931. The van der Waals surface area contributed by atoms with E-state index in [-0.39, 0.29) is 31.0 Å². The first-order chi connectivity index (χ1) is 14.2. The first kappa shape index (κ1) is 19.3. The van der Waals surface area contributed by atoms with Crippen molar-refractivity contribution in [2.24, 2.45) is 0 Å². The van der Waals surface area contributed by atoms with Crippen LogP contribution in [-0.4, -0.2) is 67.2 Å². The fourth-order valence-corrected chi connectivity index (χ4v) is 3.47. The van der Waals surface area contributed by atoms with Crippen molar-refractivity contribution in [2.45, 2.75) is 24.4 Å². The van der Waals surface area contributed by atoms with Gasteiger partial charge in [0, 0.05) is 11.8 Å². The topological polar surface area (TPSA) is 116 Å². The molecule has 2 aliphatic heterocycles. The van der Waals surface area contributed by atoms with Gasteiger partial charge in [-0.05, 0) is 18.2 Å². The first-order valence-corrected chi connectivity index (χ1v) is 9.19. The lowest BCUT2D eigenvalue weighted by Gasteiger charge is -2.18. The van der Waals surface area contributed by atoms with Crippen LogP contribution >= 0.6 is 0 Å². The first-order valence-electron chi connectivity index (χ1n) is 9.19. The molecule has 4 rings (SSSR count). The zero-order valence-corrected chi connectivity index (χ0v) is 15.8. The van der Waals surface area contributed by atoms with E-state index in [1.54, 1.807) is 24.4 Å². The second-order valence-electron chi connectivity index (χ2n) is 6.73. The average Bonchev–Trinajstić information content (AvgIpc) is 3.35. The molecule has 9 nitrogen and oxygen atoms in total. The lowest BCUT2D eigenvalue weighted by molar-refractivity contribution is -0.149. The Hall–Kier alpha value is -3.06. The maximum absolute atomic E-state index is 11.3. The molecule has 0 amide bonds. The quantitative estimate of drug-likeness (QED) is 0.718. The summed E-state index contributed by atoms with van der Waals surface area (Å²) in [5.41, 5.74) is 2.12. The summed E-state index contributed by atoms with van der Waals surface area (Å²) in [6.07, 6.45) is 0.834. The number of ether oxygens (including phenoxy) is 4. The summed E-state index contributed by atoms with van der Waals surface area (Å²) < 4.78 is 21.8. The number of carbonyl (C=O) groups excluding carboxylic acids is 1. The van der Waals surface area contributed by atoms with Gasteiger partial charge in [0.15, 0.2) is 0 Å². The summed E-state index contributed by atoms with van der Waals surface area (Å²) in [5, 5.41) is 12.3. The minimum Gasteiger partial charge on any atom is -0.467 e. The molecule has 0 radical (unpaired) electrons. The Morgan fingerprint density at radius 1 is 1.31 bits per heavy atom. The summed E-state index contributed by atoms with van der Waals surface area (Å²) >= 11 is 0. The van der Waals surface area contributed by atoms with Gasteiger partial charge in [-0.25, -0.2) is 14.8 Å². The zero-order valence-electron chi connectivity index (χ0n) is 15.8. The number of esters is 1. The third kappa shape index (κ3) is 4.19. The number of benzene rings is 1. The molecule has 2 saturated heterocycles. The third-order valence-electron chi connectivity index (χ3n) is 4.91. The maximum atomic E-state index is 11.3. The number of nitrogens with zero attached hydrogens (tertiary/aromatic N) is 3. The van der Waals surface area contributed by atoms with Gasteiger partial charge in [0.2, 0.25) is 5.95 Å². The fraction of sp³-hybridized carbons (Fsp3) is 0.400. The van der Waals surface area contributed by atoms with E-state index in [0.717, 1.165) is 5.56 Å². The smallest absolute Gasteiger partial charge is 0.331 e. The van der Waals surface area contributed by atoms with Crippen molar-refractivity contribution in [3.8, 4) is 17.3 Å². The van der Waals surface area contributed by atoms with Gasteiger partial charge in [0.1, 0.15) is 24.9 Å². The molecule has 9 heteroatoms. The van der Waals surface area contributed by atoms with Crippen molar-refractivity contribution < 1.29 is 23.7 Å². The van der Waals surface area contributed by atoms with E-state index in [1.165, 1.54) is 7.11 Å². The van der Waals surface area contributed by atoms with Crippen molar-refractivity contribution >= 4 is 11.9 Å². The van der Waals surface area contributed by atoms with Crippen LogP contribution in [0.2, 0.25) is 0 Å². The van der Waals surface area contributed by atoms with Crippen LogP contribution < -0.4 is 5.32 Å². The van der Waals surface area contributed by atoms with Crippen LogP contribution in [0.4, 0.5) is 5.95 Å². The molecule has 1 aromatic heterocycles.